The molecule has 2 bridgehead atoms. The van der Waals surface area contributed by atoms with E-state index in [1.807, 2.05) is 91.0 Å². The lowest BCUT2D eigenvalue weighted by molar-refractivity contribution is 0.755. The maximum Gasteiger partial charge on any atom is 0.164 e. The van der Waals surface area contributed by atoms with Crippen LogP contribution >= 0.6 is 0 Å². The number of nitrogens with zero attached hydrogens (tertiary/aromatic N) is 6. The number of pyridine rings is 1. The molecule has 62 heavy (non-hydrogen) atoms. The Hall–Kier alpha value is -8.22. The Labute approximate surface area is 359 Å². The van der Waals surface area contributed by atoms with E-state index in [1.54, 1.807) is 6.20 Å². The first-order valence-corrected chi connectivity index (χ1v) is 20.9. The van der Waals surface area contributed by atoms with Crippen molar-refractivity contribution in [2.24, 2.45) is 0 Å². The average Bonchev–Trinajstić information content (AvgIpc) is 3.36. The average molecular weight is 793 g/mol. The summed E-state index contributed by atoms with van der Waals surface area (Å²) >= 11 is 0. The highest BCUT2D eigenvalue weighted by molar-refractivity contribution is 5.79. The highest BCUT2D eigenvalue weighted by atomic mass is 15.0. The highest BCUT2D eigenvalue weighted by Crippen LogP contribution is 2.56. The van der Waals surface area contributed by atoms with Crippen molar-refractivity contribution in [2.45, 2.75) is 11.8 Å². The fourth-order valence-electron chi connectivity index (χ4n) is 9.29. The van der Waals surface area contributed by atoms with Crippen molar-refractivity contribution >= 4 is 0 Å². The summed E-state index contributed by atoms with van der Waals surface area (Å²) in [4.78, 5) is 29.8. The first-order valence-electron chi connectivity index (χ1n) is 20.9. The zero-order valence-corrected chi connectivity index (χ0v) is 33.5. The molecule has 13 rings (SSSR count). The second kappa shape index (κ2) is 14.8. The molecular weight excluding hydrogens is 757 g/mol. The summed E-state index contributed by atoms with van der Waals surface area (Å²) < 4.78 is 0. The van der Waals surface area contributed by atoms with Crippen molar-refractivity contribution in [1.29, 1.82) is 0 Å². The normalized spacial score (nSPS) is 14.5. The fraction of sp³-hybridized carbons (Fsp3) is 0.0357. The number of aromatic nitrogens is 6. The molecule has 7 aromatic carbocycles. The van der Waals surface area contributed by atoms with Crippen molar-refractivity contribution in [1.82, 2.24) is 29.9 Å². The van der Waals surface area contributed by atoms with E-state index in [0.717, 1.165) is 50.5 Å². The van der Waals surface area contributed by atoms with E-state index >= 15 is 0 Å². The monoisotopic (exact) mass is 792 g/mol. The molecule has 290 valence electrons. The van der Waals surface area contributed by atoms with Crippen LogP contribution in [-0.2, 0) is 0 Å². The molecule has 0 aliphatic heterocycles. The van der Waals surface area contributed by atoms with Gasteiger partial charge in [-0.15, -0.1) is 0 Å². The number of hydrogen-bond donors (Lipinski definition) is 0. The Balaban J connectivity index is 0.946. The Morgan fingerprint density at radius 1 is 0.242 bits per heavy atom. The van der Waals surface area contributed by atoms with Gasteiger partial charge < -0.3 is 0 Å². The van der Waals surface area contributed by atoms with Gasteiger partial charge in [0.1, 0.15) is 0 Å². The van der Waals surface area contributed by atoms with Gasteiger partial charge in [-0.05, 0) is 80.9 Å². The van der Waals surface area contributed by atoms with Gasteiger partial charge in [0.25, 0.3) is 0 Å². The molecule has 3 aromatic heterocycles. The molecule has 6 nitrogen and oxygen atoms in total. The molecule has 0 spiro atoms. The molecule has 0 amide bonds. The third-order valence-electron chi connectivity index (χ3n) is 12.2. The van der Waals surface area contributed by atoms with Crippen LogP contribution in [0.3, 0.4) is 0 Å². The summed E-state index contributed by atoms with van der Waals surface area (Å²) in [5.74, 6) is 2.82. The lowest BCUT2D eigenvalue weighted by Gasteiger charge is -2.42. The second-order valence-corrected chi connectivity index (χ2v) is 15.8. The third-order valence-corrected chi connectivity index (χ3v) is 12.2. The van der Waals surface area contributed by atoms with Gasteiger partial charge in [0.05, 0.1) is 17.1 Å². The lowest BCUT2D eigenvalue weighted by Crippen LogP contribution is -2.27. The van der Waals surface area contributed by atoms with E-state index in [9.17, 15) is 0 Å². The highest BCUT2D eigenvalue weighted by Gasteiger charge is 2.41. The SMILES string of the molecule is c1ccc(-c2nc(-c3cccc(-c4ccc5c(c4)C4c6ccccc6C5c5cc(-c6nc(-c7ccccc7)nc(-c7ccccc7)n6)ccc54)c3)cc(-c3ccccn3)n2)cc1. The zero-order chi connectivity index (χ0) is 41.0. The molecule has 2 unspecified atom stereocenters. The summed E-state index contributed by atoms with van der Waals surface area (Å²) in [5.41, 5.74) is 17.7. The molecular formula is C56H36N6. The van der Waals surface area contributed by atoms with Gasteiger partial charge in [0.15, 0.2) is 23.3 Å². The minimum absolute atomic E-state index is 0.0769. The van der Waals surface area contributed by atoms with Crippen LogP contribution in [0, 0.1) is 0 Å². The largest absolute Gasteiger partial charge is 0.255 e. The van der Waals surface area contributed by atoms with E-state index < -0.39 is 0 Å². The van der Waals surface area contributed by atoms with Crippen LogP contribution in [0.2, 0.25) is 0 Å². The maximum atomic E-state index is 5.10. The summed E-state index contributed by atoms with van der Waals surface area (Å²) in [6.07, 6.45) is 1.80. The first-order chi connectivity index (χ1) is 30.7. The fourth-order valence-corrected chi connectivity index (χ4v) is 9.29. The molecule has 0 N–H and O–H groups in total. The van der Waals surface area contributed by atoms with Gasteiger partial charge in [-0.3, -0.25) is 4.98 Å². The van der Waals surface area contributed by atoms with Crippen molar-refractivity contribution in [2.75, 3.05) is 0 Å². The summed E-state index contributed by atoms with van der Waals surface area (Å²) in [6.45, 7) is 0. The van der Waals surface area contributed by atoms with Crippen LogP contribution in [0.15, 0.2) is 206 Å². The molecule has 0 saturated carbocycles. The van der Waals surface area contributed by atoms with Crippen LogP contribution in [0.4, 0.5) is 0 Å². The van der Waals surface area contributed by atoms with Gasteiger partial charge in [-0.25, -0.2) is 24.9 Å². The predicted octanol–water partition coefficient (Wildman–Crippen LogP) is 12.7. The van der Waals surface area contributed by atoms with Gasteiger partial charge in [0, 0.05) is 45.8 Å². The molecule has 0 radical (unpaired) electrons. The molecule has 6 heteroatoms. The zero-order valence-electron chi connectivity index (χ0n) is 33.5. The Kier molecular flexibility index (Phi) is 8.52. The van der Waals surface area contributed by atoms with Crippen LogP contribution in [0.5, 0.6) is 0 Å². The predicted molar refractivity (Wildman–Crippen MR) is 246 cm³/mol. The maximum absolute atomic E-state index is 5.10. The van der Waals surface area contributed by atoms with Gasteiger partial charge in [-0.2, -0.15) is 0 Å². The van der Waals surface area contributed by atoms with E-state index in [4.69, 9.17) is 24.9 Å². The van der Waals surface area contributed by atoms with Crippen LogP contribution in [0.25, 0.3) is 79.3 Å². The van der Waals surface area contributed by atoms with Gasteiger partial charge in [-0.1, -0.05) is 164 Å². The summed E-state index contributed by atoms with van der Waals surface area (Å²) in [5, 5.41) is 0. The standard InChI is InChI=1S/C56H36N6/c1-4-15-35(16-5-1)53-58-49(34-50(59-53)48-25-12-13-30-57-48)40-22-14-21-38(31-40)39-26-28-44-46(32-39)51-42-23-10-11-24-43(42)52(44)47-33-41(27-29-45(47)51)56-61-54(36-17-6-2-7-18-36)60-55(62-56)37-19-8-3-9-20-37/h1-34,51-52H. The lowest BCUT2D eigenvalue weighted by atomic mass is 9.60. The van der Waals surface area contributed by atoms with Gasteiger partial charge >= 0.3 is 0 Å². The summed E-state index contributed by atoms with van der Waals surface area (Å²) in [7, 11) is 0. The smallest absolute Gasteiger partial charge is 0.164 e. The Morgan fingerprint density at radius 3 is 1.26 bits per heavy atom. The Bertz CT molecular complexity index is 3180. The van der Waals surface area contributed by atoms with Crippen molar-refractivity contribution in [3.8, 4) is 79.3 Å². The van der Waals surface area contributed by atoms with Crippen LogP contribution in [0.1, 0.15) is 45.2 Å². The topological polar surface area (TPSA) is 77.3 Å². The van der Waals surface area contributed by atoms with Gasteiger partial charge in [0.2, 0.25) is 0 Å². The second-order valence-electron chi connectivity index (χ2n) is 15.8. The summed E-state index contributed by atoms with van der Waals surface area (Å²) in [6, 6.07) is 69.9. The molecule has 3 aliphatic rings. The Morgan fingerprint density at radius 2 is 0.677 bits per heavy atom. The van der Waals surface area contributed by atoms with Crippen molar-refractivity contribution in [3.63, 3.8) is 0 Å². The van der Waals surface area contributed by atoms with E-state index in [0.29, 0.717) is 23.3 Å². The number of hydrogen-bond acceptors (Lipinski definition) is 6. The minimum atomic E-state index is 0.0769. The quantitative estimate of drug-likeness (QED) is 0.160. The molecule has 2 atom stereocenters. The van der Waals surface area contributed by atoms with E-state index in [1.165, 1.54) is 38.9 Å². The molecule has 3 aliphatic carbocycles. The van der Waals surface area contributed by atoms with Crippen molar-refractivity contribution < 1.29 is 0 Å². The number of benzene rings is 7. The first kappa shape index (κ1) is 35.7. The van der Waals surface area contributed by atoms with E-state index in [2.05, 4.69) is 114 Å². The van der Waals surface area contributed by atoms with E-state index in [-0.39, 0.29) is 11.8 Å². The molecule has 0 fully saturated rings. The minimum Gasteiger partial charge on any atom is -0.255 e. The third kappa shape index (κ3) is 6.20. The molecule has 0 saturated heterocycles. The van der Waals surface area contributed by atoms with Crippen LogP contribution < -0.4 is 0 Å². The molecule has 3 heterocycles. The van der Waals surface area contributed by atoms with Crippen LogP contribution in [-0.4, -0.2) is 29.9 Å². The van der Waals surface area contributed by atoms with Crippen molar-refractivity contribution in [3.05, 3.63) is 240 Å². The molecule has 10 aromatic rings. The number of rotatable bonds is 7.